The average molecular weight is 191 g/mol. The van der Waals surface area contributed by atoms with Crippen molar-refractivity contribution < 1.29 is 14.6 Å². The fourth-order valence-corrected chi connectivity index (χ4v) is 1.23. The van der Waals surface area contributed by atoms with Gasteiger partial charge in [0.2, 0.25) is 0 Å². The summed E-state index contributed by atoms with van der Waals surface area (Å²) < 4.78 is 4.94. The molecule has 0 aromatic heterocycles. The Balaban J connectivity index is 3.44. The van der Waals surface area contributed by atoms with Crippen molar-refractivity contribution in [3.8, 4) is 11.8 Å². The first-order valence-corrected chi connectivity index (χ1v) is 3.92. The maximum Gasteiger partial charge on any atom is 0.336 e. The number of carbonyl (C=O) groups is 1. The molecule has 0 heterocycles. The smallest absolute Gasteiger partial charge is 0.336 e. The van der Waals surface area contributed by atoms with Crippen LogP contribution in [0.2, 0.25) is 0 Å². The van der Waals surface area contributed by atoms with Gasteiger partial charge < -0.3 is 9.84 Å². The van der Waals surface area contributed by atoms with Gasteiger partial charge in [-0.05, 0) is 24.6 Å². The molecule has 0 bridgehead atoms. The zero-order valence-corrected chi connectivity index (χ0v) is 7.87. The van der Waals surface area contributed by atoms with Crippen molar-refractivity contribution in [1.82, 2.24) is 0 Å². The van der Waals surface area contributed by atoms with Crippen molar-refractivity contribution in [2.24, 2.45) is 0 Å². The van der Waals surface area contributed by atoms with Gasteiger partial charge in [0.1, 0.15) is 11.8 Å². The molecule has 1 N–H and O–H groups in total. The first-order chi connectivity index (χ1) is 6.61. The summed E-state index contributed by atoms with van der Waals surface area (Å²) in [6, 6.07) is 4.83. The largest absolute Gasteiger partial charge is 0.495 e. The number of benzene rings is 1. The van der Waals surface area contributed by atoms with Crippen LogP contribution in [0, 0.1) is 18.3 Å². The molecule has 0 radical (unpaired) electrons. The zero-order chi connectivity index (χ0) is 10.7. The quantitative estimate of drug-likeness (QED) is 0.770. The lowest BCUT2D eigenvalue weighted by atomic mass is 10.0. The zero-order valence-electron chi connectivity index (χ0n) is 7.87. The number of carboxylic acids is 1. The van der Waals surface area contributed by atoms with Gasteiger partial charge in [-0.2, -0.15) is 5.26 Å². The van der Waals surface area contributed by atoms with Gasteiger partial charge in [-0.3, -0.25) is 0 Å². The van der Waals surface area contributed by atoms with E-state index in [1.807, 2.05) is 6.07 Å². The number of hydrogen-bond acceptors (Lipinski definition) is 3. The highest BCUT2D eigenvalue weighted by atomic mass is 16.5. The minimum Gasteiger partial charge on any atom is -0.495 e. The number of methoxy groups -OCH3 is 1. The van der Waals surface area contributed by atoms with E-state index in [0.29, 0.717) is 11.3 Å². The summed E-state index contributed by atoms with van der Waals surface area (Å²) in [7, 11) is 1.44. The predicted molar refractivity (Wildman–Crippen MR) is 49.4 cm³/mol. The van der Waals surface area contributed by atoms with E-state index in [1.165, 1.54) is 19.2 Å². The third kappa shape index (κ3) is 1.52. The van der Waals surface area contributed by atoms with Crippen molar-refractivity contribution in [3.63, 3.8) is 0 Å². The Bertz CT molecular complexity index is 418. The van der Waals surface area contributed by atoms with E-state index in [1.54, 1.807) is 6.92 Å². The number of hydrogen-bond donors (Lipinski definition) is 1. The SMILES string of the molecule is COc1ccc(C(=O)O)c(C)c1C#N. The maximum absolute atomic E-state index is 10.7. The maximum atomic E-state index is 10.7. The van der Waals surface area contributed by atoms with E-state index in [-0.39, 0.29) is 11.1 Å². The molecule has 0 saturated carbocycles. The molecule has 1 aromatic rings. The van der Waals surface area contributed by atoms with Crippen LogP contribution in [0.5, 0.6) is 5.75 Å². The average Bonchev–Trinajstić information content (AvgIpc) is 2.16. The van der Waals surface area contributed by atoms with Gasteiger partial charge in [0.25, 0.3) is 0 Å². The van der Waals surface area contributed by atoms with Gasteiger partial charge >= 0.3 is 5.97 Å². The van der Waals surface area contributed by atoms with E-state index in [0.717, 1.165) is 0 Å². The van der Waals surface area contributed by atoms with Gasteiger partial charge in [-0.25, -0.2) is 4.79 Å². The van der Waals surface area contributed by atoms with Crippen molar-refractivity contribution in [2.45, 2.75) is 6.92 Å². The Morgan fingerprint density at radius 3 is 2.64 bits per heavy atom. The summed E-state index contributed by atoms with van der Waals surface area (Å²) in [5.74, 6) is -0.642. The number of carboxylic acid groups (broad SMARTS) is 1. The van der Waals surface area contributed by atoms with Gasteiger partial charge in [-0.1, -0.05) is 0 Å². The Morgan fingerprint density at radius 2 is 2.21 bits per heavy atom. The number of ether oxygens (including phenoxy) is 1. The molecule has 1 aromatic carbocycles. The molecule has 72 valence electrons. The van der Waals surface area contributed by atoms with Gasteiger partial charge in [0, 0.05) is 0 Å². The Labute approximate surface area is 81.4 Å². The molecule has 4 nitrogen and oxygen atoms in total. The van der Waals surface area contributed by atoms with Crippen LogP contribution < -0.4 is 4.74 Å². The fraction of sp³-hybridized carbons (Fsp3) is 0.200. The molecule has 14 heavy (non-hydrogen) atoms. The lowest BCUT2D eigenvalue weighted by Crippen LogP contribution is -2.02. The first kappa shape index (κ1) is 10.1. The number of nitriles is 1. The van der Waals surface area contributed by atoms with Crippen LogP contribution in [0.4, 0.5) is 0 Å². The number of nitrogens with zero attached hydrogens (tertiary/aromatic N) is 1. The van der Waals surface area contributed by atoms with Crippen molar-refractivity contribution in [3.05, 3.63) is 28.8 Å². The van der Waals surface area contributed by atoms with Crippen molar-refractivity contribution in [1.29, 1.82) is 5.26 Å². The lowest BCUT2D eigenvalue weighted by molar-refractivity contribution is 0.0696. The third-order valence-electron chi connectivity index (χ3n) is 1.99. The molecule has 0 aliphatic carbocycles. The third-order valence-corrected chi connectivity index (χ3v) is 1.99. The molecular weight excluding hydrogens is 182 g/mol. The van der Waals surface area contributed by atoms with E-state index in [9.17, 15) is 4.79 Å². The summed E-state index contributed by atoms with van der Waals surface area (Å²) >= 11 is 0. The molecule has 0 aliphatic rings. The van der Waals surface area contributed by atoms with Crippen LogP contribution in [0.1, 0.15) is 21.5 Å². The summed E-state index contributed by atoms with van der Waals surface area (Å²) in [6.45, 7) is 1.59. The minimum absolute atomic E-state index is 0.127. The normalized spacial score (nSPS) is 9.21. The van der Waals surface area contributed by atoms with Crippen LogP contribution in [-0.4, -0.2) is 18.2 Å². The van der Waals surface area contributed by atoms with Crippen LogP contribution in [0.3, 0.4) is 0 Å². The molecule has 0 atom stereocenters. The second-order valence-electron chi connectivity index (χ2n) is 2.73. The summed E-state index contributed by atoms with van der Waals surface area (Å²) in [5, 5.41) is 17.6. The second-order valence-corrected chi connectivity index (χ2v) is 2.73. The molecule has 0 fully saturated rings. The summed E-state index contributed by atoms with van der Waals surface area (Å²) in [6.07, 6.45) is 0. The Hall–Kier alpha value is -2.02. The van der Waals surface area contributed by atoms with Gasteiger partial charge in [-0.15, -0.1) is 0 Å². The highest BCUT2D eigenvalue weighted by Crippen LogP contribution is 2.23. The van der Waals surface area contributed by atoms with Crippen LogP contribution in [0.25, 0.3) is 0 Å². The van der Waals surface area contributed by atoms with E-state index < -0.39 is 5.97 Å². The fourth-order valence-electron chi connectivity index (χ4n) is 1.23. The summed E-state index contributed by atoms with van der Waals surface area (Å²) in [4.78, 5) is 10.7. The van der Waals surface area contributed by atoms with Gasteiger partial charge in [0.15, 0.2) is 0 Å². The van der Waals surface area contributed by atoms with E-state index in [2.05, 4.69) is 0 Å². The van der Waals surface area contributed by atoms with Crippen molar-refractivity contribution in [2.75, 3.05) is 7.11 Å². The molecule has 1 rings (SSSR count). The molecule has 0 spiro atoms. The van der Waals surface area contributed by atoms with Crippen LogP contribution >= 0.6 is 0 Å². The number of aromatic carboxylic acids is 1. The molecule has 0 unspecified atom stereocenters. The molecule has 0 amide bonds. The standard InChI is InChI=1S/C10H9NO3/c1-6-7(10(12)13)3-4-9(14-2)8(6)5-11/h3-4H,1-2H3,(H,12,13). The van der Waals surface area contributed by atoms with E-state index >= 15 is 0 Å². The lowest BCUT2D eigenvalue weighted by Gasteiger charge is -2.07. The highest BCUT2D eigenvalue weighted by Gasteiger charge is 2.14. The number of rotatable bonds is 2. The first-order valence-electron chi connectivity index (χ1n) is 3.92. The second kappa shape index (κ2) is 3.79. The predicted octanol–water partition coefficient (Wildman–Crippen LogP) is 1.57. The molecule has 0 aliphatic heterocycles. The molecule has 4 heteroatoms. The highest BCUT2D eigenvalue weighted by molar-refractivity contribution is 5.90. The van der Waals surface area contributed by atoms with Crippen LogP contribution in [-0.2, 0) is 0 Å². The molecule has 0 saturated heterocycles. The van der Waals surface area contributed by atoms with Gasteiger partial charge in [0.05, 0.1) is 18.2 Å². The molecular formula is C10H9NO3. The Kier molecular flexibility index (Phi) is 2.73. The topological polar surface area (TPSA) is 70.3 Å². The van der Waals surface area contributed by atoms with Crippen molar-refractivity contribution >= 4 is 5.97 Å². The van der Waals surface area contributed by atoms with Crippen LogP contribution in [0.15, 0.2) is 12.1 Å². The monoisotopic (exact) mass is 191 g/mol. The Morgan fingerprint density at radius 1 is 1.57 bits per heavy atom. The minimum atomic E-state index is -1.04. The summed E-state index contributed by atoms with van der Waals surface area (Å²) in [5.41, 5.74) is 0.828. The van der Waals surface area contributed by atoms with E-state index in [4.69, 9.17) is 15.1 Å².